The van der Waals surface area contributed by atoms with Crippen LogP contribution in [0.15, 0.2) is 12.2 Å². The second-order valence-electron chi connectivity index (χ2n) is 9.70. The minimum atomic E-state index is -1.29. The summed E-state index contributed by atoms with van der Waals surface area (Å²) in [7, 11) is 0. The average Bonchev–Trinajstić information content (AvgIpc) is 3.02. The predicted octanol–water partition coefficient (Wildman–Crippen LogP) is 2.42. The zero-order valence-corrected chi connectivity index (χ0v) is 18.4. The molecule has 0 bridgehead atoms. The van der Waals surface area contributed by atoms with Crippen LogP contribution in [-0.4, -0.2) is 74.7 Å². The number of carbonyl (C=O) groups excluding carboxylic acids is 3. The maximum Gasteiger partial charge on any atom is 0.417 e. The van der Waals surface area contributed by atoms with Crippen molar-refractivity contribution in [3.05, 3.63) is 12.2 Å². The maximum atomic E-state index is 12.8. The highest BCUT2D eigenvalue weighted by Crippen LogP contribution is 2.33. The van der Waals surface area contributed by atoms with E-state index >= 15 is 0 Å². The van der Waals surface area contributed by atoms with Gasteiger partial charge < -0.3 is 19.3 Å². The van der Waals surface area contributed by atoms with E-state index in [0.717, 1.165) is 4.90 Å². The number of aliphatic hydroxyl groups excluding tert-OH is 1. The predicted molar refractivity (Wildman–Crippen MR) is 104 cm³/mol. The third-order valence-electron chi connectivity index (χ3n) is 4.42. The van der Waals surface area contributed by atoms with Crippen molar-refractivity contribution in [3.8, 4) is 0 Å². The lowest BCUT2D eigenvalue weighted by molar-refractivity contribution is -0.127. The molecule has 0 aromatic rings. The van der Waals surface area contributed by atoms with Crippen LogP contribution in [0.2, 0.25) is 0 Å². The smallest absolute Gasteiger partial charge is 0.417 e. The first-order chi connectivity index (χ1) is 13.0. The molecule has 164 valence electrons. The lowest BCUT2D eigenvalue weighted by Gasteiger charge is -2.38. The number of imide groups is 1. The Balaban J connectivity index is 2.27. The molecule has 0 unspecified atom stereocenters. The van der Waals surface area contributed by atoms with Crippen LogP contribution >= 0.6 is 0 Å². The van der Waals surface area contributed by atoms with Gasteiger partial charge >= 0.3 is 12.2 Å². The highest BCUT2D eigenvalue weighted by Gasteiger charge is 2.52. The van der Waals surface area contributed by atoms with Crippen molar-refractivity contribution >= 4 is 18.1 Å². The molecule has 1 N–H and O–H groups in total. The summed E-state index contributed by atoms with van der Waals surface area (Å²) in [4.78, 5) is 39.7. The van der Waals surface area contributed by atoms with Gasteiger partial charge in [-0.25, -0.2) is 14.5 Å². The Morgan fingerprint density at radius 2 is 1.66 bits per heavy atom. The van der Waals surface area contributed by atoms with Gasteiger partial charge in [0.2, 0.25) is 0 Å². The summed E-state index contributed by atoms with van der Waals surface area (Å²) in [5, 5.41) is 11.1. The fourth-order valence-corrected chi connectivity index (χ4v) is 3.26. The highest BCUT2D eigenvalue weighted by atomic mass is 16.6. The van der Waals surface area contributed by atoms with Gasteiger partial charge in [-0.2, -0.15) is 0 Å². The number of nitrogens with zero attached hydrogens (tertiary/aromatic N) is 2. The second kappa shape index (κ2) is 7.60. The molecule has 3 atom stereocenters. The molecule has 3 amide bonds. The third-order valence-corrected chi connectivity index (χ3v) is 4.42. The summed E-state index contributed by atoms with van der Waals surface area (Å²) in [6, 6.07) is -1.82. The molecule has 2 rings (SSSR count). The van der Waals surface area contributed by atoms with Crippen molar-refractivity contribution in [1.82, 2.24) is 9.80 Å². The largest absolute Gasteiger partial charge is 0.444 e. The van der Waals surface area contributed by atoms with E-state index in [1.165, 1.54) is 17.1 Å². The normalized spacial score (nSPS) is 25.3. The van der Waals surface area contributed by atoms with E-state index in [2.05, 4.69) is 0 Å². The molecule has 9 heteroatoms. The summed E-state index contributed by atoms with van der Waals surface area (Å²) in [6.07, 6.45) is -0.175. The molecular formula is C20H32N2O7. The molecule has 2 aliphatic rings. The lowest BCUT2D eigenvalue weighted by atomic mass is 10.0. The number of aliphatic hydroxyl groups is 1. The first kappa shape index (κ1) is 23.2. The molecule has 0 radical (unpaired) electrons. The summed E-state index contributed by atoms with van der Waals surface area (Å²) in [5.41, 5.74) is -2.58. The zero-order chi connectivity index (χ0) is 22.4. The van der Waals surface area contributed by atoms with E-state index in [1.807, 2.05) is 0 Å². The van der Waals surface area contributed by atoms with Gasteiger partial charge in [-0.3, -0.25) is 9.69 Å². The molecule has 1 saturated heterocycles. The van der Waals surface area contributed by atoms with Crippen LogP contribution in [0.4, 0.5) is 9.59 Å². The van der Waals surface area contributed by atoms with Crippen LogP contribution in [0.1, 0.15) is 55.4 Å². The Morgan fingerprint density at radius 3 is 2.17 bits per heavy atom. The molecule has 0 aromatic heterocycles. The Kier molecular flexibility index (Phi) is 6.07. The van der Waals surface area contributed by atoms with Crippen LogP contribution in [0, 0.1) is 0 Å². The van der Waals surface area contributed by atoms with Crippen molar-refractivity contribution in [2.24, 2.45) is 0 Å². The van der Waals surface area contributed by atoms with Crippen molar-refractivity contribution in [1.29, 1.82) is 0 Å². The van der Waals surface area contributed by atoms with Gasteiger partial charge in [0.1, 0.15) is 23.0 Å². The van der Waals surface area contributed by atoms with Gasteiger partial charge in [0.25, 0.3) is 5.91 Å². The Labute approximate surface area is 171 Å². The molecule has 29 heavy (non-hydrogen) atoms. The van der Waals surface area contributed by atoms with Crippen LogP contribution in [0.3, 0.4) is 0 Å². The fraction of sp³-hybridized carbons (Fsp3) is 0.750. The standard InChI is InChI=1S/C20H32N2O7/c1-18(2,3)28-16(25)21-12(9-10-14(21)23)15(24)13-11-27-20(7,8)22(13)17(26)29-19(4,5)6/h9-10,12-13,15,24H,11H2,1-8H3/t12-,13-,15+/m1/s1. The van der Waals surface area contributed by atoms with Gasteiger partial charge in [0.15, 0.2) is 0 Å². The Bertz CT molecular complexity index is 703. The van der Waals surface area contributed by atoms with E-state index in [-0.39, 0.29) is 6.61 Å². The summed E-state index contributed by atoms with van der Waals surface area (Å²) in [5.74, 6) is -0.592. The van der Waals surface area contributed by atoms with Crippen molar-refractivity contribution in [3.63, 3.8) is 0 Å². The van der Waals surface area contributed by atoms with Crippen molar-refractivity contribution < 1.29 is 33.7 Å². The van der Waals surface area contributed by atoms with Gasteiger partial charge in [-0.15, -0.1) is 0 Å². The minimum Gasteiger partial charge on any atom is -0.444 e. The van der Waals surface area contributed by atoms with Crippen molar-refractivity contribution in [2.75, 3.05) is 6.61 Å². The number of rotatable bonds is 2. The molecular weight excluding hydrogens is 380 g/mol. The van der Waals surface area contributed by atoms with Crippen molar-refractivity contribution in [2.45, 2.75) is 90.5 Å². The molecule has 9 nitrogen and oxygen atoms in total. The molecule has 1 fully saturated rings. The average molecular weight is 412 g/mol. The van der Waals surface area contributed by atoms with Gasteiger partial charge in [-0.1, -0.05) is 6.08 Å². The topological polar surface area (TPSA) is 106 Å². The first-order valence-corrected chi connectivity index (χ1v) is 9.62. The quantitative estimate of drug-likeness (QED) is 0.742. The van der Waals surface area contributed by atoms with E-state index in [0.29, 0.717) is 0 Å². The lowest BCUT2D eigenvalue weighted by Crippen LogP contribution is -2.58. The summed E-state index contributed by atoms with van der Waals surface area (Å²) >= 11 is 0. The summed E-state index contributed by atoms with van der Waals surface area (Å²) < 4.78 is 16.5. The number of ether oxygens (including phenoxy) is 3. The number of hydrogen-bond acceptors (Lipinski definition) is 7. The Morgan fingerprint density at radius 1 is 1.14 bits per heavy atom. The molecule has 0 saturated carbocycles. The van der Waals surface area contributed by atoms with E-state index in [1.54, 1.807) is 55.4 Å². The highest BCUT2D eigenvalue weighted by molar-refractivity contribution is 6.01. The van der Waals surface area contributed by atoms with Crippen LogP contribution in [0.5, 0.6) is 0 Å². The fourth-order valence-electron chi connectivity index (χ4n) is 3.26. The molecule has 0 aliphatic carbocycles. The third kappa shape index (κ3) is 5.27. The second-order valence-corrected chi connectivity index (χ2v) is 9.70. The van der Waals surface area contributed by atoms with Gasteiger partial charge in [0, 0.05) is 6.08 Å². The van der Waals surface area contributed by atoms with E-state index in [9.17, 15) is 19.5 Å². The Hall–Kier alpha value is -2.13. The monoisotopic (exact) mass is 412 g/mol. The molecule has 2 heterocycles. The maximum absolute atomic E-state index is 12.8. The van der Waals surface area contributed by atoms with E-state index in [4.69, 9.17) is 14.2 Å². The number of hydrogen-bond donors (Lipinski definition) is 1. The molecule has 0 spiro atoms. The summed E-state index contributed by atoms with van der Waals surface area (Å²) in [6.45, 7) is 13.7. The van der Waals surface area contributed by atoms with Crippen LogP contribution < -0.4 is 0 Å². The number of amides is 3. The SMILES string of the molecule is CC(C)(C)OC(=O)N1C(=O)C=C[C@@H]1[C@H](O)[C@H]1COC(C)(C)N1C(=O)OC(C)(C)C. The van der Waals surface area contributed by atoms with Crippen LogP contribution in [-0.2, 0) is 19.0 Å². The first-order valence-electron chi connectivity index (χ1n) is 9.62. The molecule has 2 aliphatic heterocycles. The van der Waals surface area contributed by atoms with Gasteiger partial charge in [0.05, 0.1) is 18.7 Å². The van der Waals surface area contributed by atoms with Crippen LogP contribution in [0.25, 0.3) is 0 Å². The molecule has 0 aromatic carbocycles. The van der Waals surface area contributed by atoms with E-state index < -0.39 is 53.2 Å². The zero-order valence-electron chi connectivity index (χ0n) is 18.4. The minimum absolute atomic E-state index is 0.0219. The number of carbonyl (C=O) groups is 3. The van der Waals surface area contributed by atoms with Gasteiger partial charge in [-0.05, 0) is 55.4 Å².